The Hall–Kier alpha value is -4.23. The lowest BCUT2D eigenvalue weighted by Crippen LogP contribution is -2.36. The van der Waals surface area contributed by atoms with Crippen LogP contribution in [0.2, 0.25) is 0 Å². The van der Waals surface area contributed by atoms with Crippen LogP contribution in [-0.2, 0) is 11.3 Å². The predicted octanol–water partition coefficient (Wildman–Crippen LogP) is 2.86. The molecule has 4 aromatic heterocycles. The van der Waals surface area contributed by atoms with Crippen molar-refractivity contribution in [2.24, 2.45) is 0 Å². The maximum atomic E-state index is 13.5. The average molecular weight is 575 g/mol. The van der Waals surface area contributed by atoms with E-state index in [1.165, 1.54) is 34.5 Å². The van der Waals surface area contributed by atoms with E-state index in [4.69, 9.17) is 5.73 Å². The van der Waals surface area contributed by atoms with E-state index in [-0.39, 0.29) is 35.1 Å². The molecule has 212 valence electrons. The Morgan fingerprint density at radius 1 is 1.10 bits per heavy atom. The molecular formula is C28H30N8O4S. The SMILES string of the molecule is C[C@@H]1C[C@@H](C(=O)NCc2cc3cnc(N)cc3s2)n2c1ncc(NC(=O)c1cnc(C3CCCC(O)C3)nc1)c2=O. The number of nitrogen functional groups attached to an aromatic ring is 1. The normalized spacial score (nSPS) is 21.9. The molecule has 5 heterocycles. The number of hydrogen-bond acceptors (Lipinski definition) is 10. The number of aromatic nitrogens is 5. The van der Waals surface area contributed by atoms with Crippen molar-refractivity contribution in [2.75, 3.05) is 11.1 Å². The van der Waals surface area contributed by atoms with Gasteiger partial charge in [0.2, 0.25) is 5.91 Å². The average Bonchev–Trinajstić information content (AvgIpc) is 3.53. The molecule has 2 aliphatic rings. The van der Waals surface area contributed by atoms with Gasteiger partial charge in [-0.1, -0.05) is 13.3 Å². The van der Waals surface area contributed by atoms with Gasteiger partial charge in [-0.15, -0.1) is 11.3 Å². The summed E-state index contributed by atoms with van der Waals surface area (Å²) in [6, 6.07) is 3.00. The molecule has 2 unspecified atom stereocenters. The highest BCUT2D eigenvalue weighted by Crippen LogP contribution is 2.34. The molecule has 4 atom stereocenters. The van der Waals surface area contributed by atoms with Gasteiger partial charge >= 0.3 is 0 Å². The smallest absolute Gasteiger partial charge is 0.278 e. The molecule has 41 heavy (non-hydrogen) atoms. The van der Waals surface area contributed by atoms with E-state index in [0.29, 0.717) is 36.9 Å². The van der Waals surface area contributed by atoms with Gasteiger partial charge in [0.1, 0.15) is 29.2 Å². The third kappa shape index (κ3) is 5.42. The summed E-state index contributed by atoms with van der Waals surface area (Å²) in [5.41, 5.74) is 5.44. The van der Waals surface area contributed by atoms with E-state index >= 15 is 0 Å². The molecule has 1 aliphatic carbocycles. The molecule has 4 aromatic rings. The van der Waals surface area contributed by atoms with Gasteiger partial charge in [-0.25, -0.2) is 19.9 Å². The highest BCUT2D eigenvalue weighted by molar-refractivity contribution is 7.19. The standard InChI is InChI=1S/C28H30N8O4S/c1-14-5-21(27(39)34-12-19-7-16-9-30-23(29)8-22(16)41-19)36-25(14)33-13-20(28(36)40)35-26(38)17-10-31-24(32-11-17)15-3-2-4-18(37)6-15/h7-11,13-15,18,21,37H,2-6,12H2,1H3,(H2,29,30)(H,34,39)(H,35,38)/t14-,15?,18?,21+/m1/s1. The van der Waals surface area contributed by atoms with E-state index < -0.39 is 17.5 Å². The molecule has 5 N–H and O–H groups in total. The van der Waals surface area contributed by atoms with E-state index in [1.54, 1.807) is 12.3 Å². The molecule has 13 heteroatoms. The van der Waals surface area contributed by atoms with Crippen molar-refractivity contribution < 1.29 is 14.7 Å². The zero-order chi connectivity index (χ0) is 28.7. The summed E-state index contributed by atoms with van der Waals surface area (Å²) in [6.07, 6.45) is 9.12. The van der Waals surface area contributed by atoms with Crippen LogP contribution in [0.15, 0.2) is 41.7 Å². The molecular weight excluding hydrogens is 544 g/mol. The van der Waals surface area contributed by atoms with Crippen LogP contribution >= 0.6 is 11.3 Å². The number of carbonyl (C=O) groups is 2. The number of pyridine rings is 1. The fourth-order valence-electron chi connectivity index (χ4n) is 5.65. The Kier molecular flexibility index (Phi) is 7.22. The fraction of sp³-hybridized carbons (Fsp3) is 0.393. The van der Waals surface area contributed by atoms with Gasteiger partial charge in [0.15, 0.2) is 0 Å². The summed E-state index contributed by atoms with van der Waals surface area (Å²) in [5.74, 6) is 0.632. The number of carbonyl (C=O) groups excluding carboxylic acids is 2. The second kappa shape index (κ2) is 11.0. The Morgan fingerprint density at radius 2 is 1.90 bits per heavy atom. The number of amides is 2. The van der Waals surface area contributed by atoms with Crippen LogP contribution in [0, 0.1) is 0 Å². The number of anilines is 2. The van der Waals surface area contributed by atoms with E-state index in [1.807, 2.05) is 13.0 Å². The van der Waals surface area contributed by atoms with Gasteiger partial charge in [-0.2, -0.15) is 0 Å². The van der Waals surface area contributed by atoms with Crippen LogP contribution in [-0.4, -0.2) is 47.5 Å². The lowest BCUT2D eigenvalue weighted by atomic mass is 9.87. The van der Waals surface area contributed by atoms with Crippen molar-refractivity contribution >= 4 is 44.7 Å². The van der Waals surface area contributed by atoms with E-state index in [0.717, 1.165) is 34.2 Å². The van der Waals surface area contributed by atoms with Gasteiger partial charge in [-0.05, 0) is 37.8 Å². The maximum absolute atomic E-state index is 13.5. The van der Waals surface area contributed by atoms with Crippen LogP contribution in [0.3, 0.4) is 0 Å². The number of hydrogen-bond donors (Lipinski definition) is 4. The molecule has 0 spiro atoms. The van der Waals surface area contributed by atoms with Gasteiger partial charge in [-0.3, -0.25) is 19.0 Å². The first kappa shape index (κ1) is 27.0. The zero-order valence-corrected chi connectivity index (χ0v) is 23.2. The Labute approximate surface area is 239 Å². The largest absolute Gasteiger partial charge is 0.393 e. The number of nitrogens with one attached hydrogen (secondary N) is 2. The minimum absolute atomic E-state index is 0.0280. The number of aliphatic hydroxyl groups excluding tert-OH is 1. The highest BCUT2D eigenvalue weighted by Gasteiger charge is 2.36. The van der Waals surface area contributed by atoms with Crippen molar-refractivity contribution in [2.45, 2.75) is 69.6 Å². The van der Waals surface area contributed by atoms with Crippen LogP contribution in [0.25, 0.3) is 10.1 Å². The number of aliphatic hydroxyl groups is 1. The number of thiophene rings is 1. The van der Waals surface area contributed by atoms with Crippen molar-refractivity contribution in [1.82, 2.24) is 29.8 Å². The quantitative estimate of drug-likeness (QED) is 0.269. The second-order valence-electron chi connectivity index (χ2n) is 10.7. The van der Waals surface area contributed by atoms with E-state index in [2.05, 4.69) is 30.6 Å². The summed E-state index contributed by atoms with van der Waals surface area (Å²) in [6.45, 7) is 2.21. The molecule has 2 amide bonds. The predicted molar refractivity (Wildman–Crippen MR) is 154 cm³/mol. The topological polar surface area (TPSA) is 178 Å². The monoisotopic (exact) mass is 574 g/mol. The molecule has 1 saturated carbocycles. The van der Waals surface area contributed by atoms with Gasteiger partial charge < -0.3 is 21.5 Å². The molecule has 0 saturated heterocycles. The fourth-order valence-corrected chi connectivity index (χ4v) is 6.67. The van der Waals surface area contributed by atoms with E-state index in [9.17, 15) is 19.5 Å². The Balaban J connectivity index is 1.16. The maximum Gasteiger partial charge on any atom is 0.278 e. The second-order valence-corrected chi connectivity index (χ2v) is 11.9. The summed E-state index contributed by atoms with van der Waals surface area (Å²) in [7, 11) is 0. The minimum Gasteiger partial charge on any atom is -0.393 e. The first-order valence-corrected chi connectivity index (χ1v) is 14.4. The van der Waals surface area contributed by atoms with Gasteiger partial charge in [0, 0.05) is 45.4 Å². The van der Waals surface area contributed by atoms with Crippen molar-refractivity contribution in [3.05, 3.63) is 69.4 Å². The molecule has 1 fully saturated rings. The lowest BCUT2D eigenvalue weighted by Gasteiger charge is -2.24. The Bertz CT molecular complexity index is 1680. The van der Waals surface area contributed by atoms with Crippen molar-refractivity contribution in [1.29, 1.82) is 0 Å². The van der Waals surface area contributed by atoms with Crippen molar-refractivity contribution in [3.63, 3.8) is 0 Å². The summed E-state index contributed by atoms with van der Waals surface area (Å²) >= 11 is 1.52. The number of nitrogens with zero attached hydrogens (tertiary/aromatic N) is 5. The first-order valence-electron chi connectivity index (χ1n) is 13.6. The summed E-state index contributed by atoms with van der Waals surface area (Å²) < 4.78 is 2.36. The number of nitrogens with two attached hydrogens (primary N) is 1. The van der Waals surface area contributed by atoms with Gasteiger partial charge in [0.25, 0.3) is 11.5 Å². The number of fused-ring (bicyclic) bond motifs is 2. The molecule has 0 bridgehead atoms. The number of rotatable bonds is 6. The molecule has 0 radical (unpaired) electrons. The third-order valence-corrected chi connectivity index (χ3v) is 8.86. The van der Waals surface area contributed by atoms with Crippen LogP contribution < -0.4 is 21.9 Å². The van der Waals surface area contributed by atoms with Crippen LogP contribution in [0.5, 0.6) is 0 Å². The zero-order valence-electron chi connectivity index (χ0n) is 22.4. The summed E-state index contributed by atoms with van der Waals surface area (Å²) in [5, 5.41) is 16.4. The Morgan fingerprint density at radius 3 is 2.68 bits per heavy atom. The lowest BCUT2D eigenvalue weighted by molar-refractivity contribution is -0.124. The molecule has 6 rings (SSSR count). The van der Waals surface area contributed by atoms with Gasteiger partial charge in [0.05, 0.1) is 24.4 Å². The summed E-state index contributed by atoms with van der Waals surface area (Å²) in [4.78, 5) is 57.8. The minimum atomic E-state index is -0.753. The molecule has 12 nitrogen and oxygen atoms in total. The third-order valence-electron chi connectivity index (χ3n) is 7.76. The van der Waals surface area contributed by atoms with Crippen LogP contribution in [0.4, 0.5) is 11.5 Å². The molecule has 0 aromatic carbocycles. The van der Waals surface area contributed by atoms with Crippen LogP contribution in [0.1, 0.15) is 83.8 Å². The first-order chi connectivity index (χ1) is 19.8. The highest BCUT2D eigenvalue weighted by atomic mass is 32.1. The van der Waals surface area contributed by atoms with Crippen molar-refractivity contribution in [3.8, 4) is 0 Å². The molecule has 1 aliphatic heterocycles.